The molecular weight excluding hydrogens is 248 g/mol. The Morgan fingerprint density at radius 1 is 1.20 bits per heavy atom. The van der Waals surface area contributed by atoms with Crippen molar-refractivity contribution >= 4 is 0 Å². The van der Waals surface area contributed by atoms with Crippen LogP contribution in [0.1, 0.15) is 32.3 Å². The molecule has 2 N–H and O–H groups in total. The van der Waals surface area contributed by atoms with Crippen LogP contribution in [-0.4, -0.2) is 31.1 Å². The molecule has 0 aromatic heterocycles. The number of likely N-dealkylation sites (tertiary alicyclic amines) is 1. The topological polar surface area (TPSA) is 38.5 Å². The molecule has 0 aliphatic carbocycles. The zero-order valence-electron chi connectivity index (χ0n) is 12.8. The smallest absolute Gasteiger partial charge is 0.123 e. The molecular formula is C17H28N2O. The number of hydrogen-bond acceptors (Lipinski definition) is 3. The summed E-state index contributed by atoms with van der Waals surface area (Å²) in [6, 6.07) is 8.40. The standard InChI is InChI=1S/C17H28N2O/c1-14-10-15(2)12-19(11-14)13-16-6-3-4-7-17(16)20-9-5-8-18/h3-4,6-7,14-15H,5,8-13,18H2,1-2H3. The van der Waals surface area contributed by atoms with E-state index in [1.807, 2.05) is 6.07 Å². The molecule has 112 valence electrons. The molecule has 20 heavy (non-hydrogen) atoms. The van der Waals surface area contributed by atoms with Crippen molar-refractivity contribution in [3.8, 4) is 5.75 Å². The number of nitrogens with zero attached hydrogens (tertiary/aromatic N) is 1. The zero-order chi connectivity index (χ0) is 14.4. The Balaban J connectivity index is 1.97. The third kappa shape index (κ3) is 4.50. The minimum absolute atomic E-state index is 0.684. The largest absolute Gasteiger partial charge is 0.493 e. The van der Waals surface area contributed by atoms with Gasteiger partial charge in [-0.3, -0.25) is 4.90 Å². The van der Waals surface area contributed by atoms with Crippen molar-refractivity contribution in [1.82, 2.24) is 4.90 Å². The third-order valence-corrected chi connectivity index (χ3v) is 3.92. The Labute approximate surface area is 123 Å². The maximum Gasteiger partial charge on any atom is 0.123 e. The molecule has 0 amide bonds. The van der Waals surface area contributed by atoms with E-state index >= 15 is 0 Å². The van der Waals surface area contributed by atoms with Crippen LogP contribution in [0.2, 0.25) is 0 Å². The minimum atomic E-state index is 0.684. The van der Waals surface area contributed by atoms with Crippen molar-refractivity contribution in [3.63, 3.8) is 0 Å². The Kier molecular flexibility index (Phi) is 5.86. The van der Waals surface area contributed by atoms with Crippen molar-refractivity contribution in [2.45, 2.75) is 33.2 Å². The fraction of sp³-hybridized carbons (Fsp3) is 0.647. The number of rotatable bonds is 6. The predicted molar refractivity (Wildman–Crippen MR) is 83.8 cm³/mol. The van der Waals surface area contributed by atoms with Gasteiger partial charge in [-0.1, -0.05) is 32.0 Å². The van der Waals surface area contributed by atoms with Crippen molar-refractivity contribution < 1.29 is 4.74 Å². The van der Waals surface area contributed by atoms with Crippen molar-refractivity contribution in [1.29, 1.82) is 0 Å². The fourth-order valence-corrected chi connectivity index (χ4v) is 3.20. The lowest BCUT2D eigenvalue weighted by Crippen LogP contribution is -2.38. The summed E-state index contributed by atoms with van der Waals surface area (Å²) in [6.07, 6.45) is 2.26. The molecule has 1 aromatic rings. The second kappa shape index (κ2) is 7.65. The van der Waals surface area contributed by atoms with Crippen molar-refractivity contribution in [2.24, 2.45) is 17.6 Å². The second-order valence-electron chi connectivity index (χ2n) is 6.24. The Bertz CT molecular complexity index is 398. The molecule has 1 aliphatic heterocycles. The van der Waals surface area contributed by atoms with E-state index < -0.39 is 0 Å². The van der Waals surface area contributed by atoms with E-state index in [0.29, 0.717) is 13.2 Å². The first-order valence-electron chi connectivity index (χ1n) is 7.82. The molecule has 2 rings (SSSR count). The van der Waals surface area contributed by atoms with Gasteiger partial charge in [0.15, 0.2) is 0 Å². The average molecular weight is 276 g/mol. The van der Waals surface area contributed by atoms with Crippen molar-refractivity contribution in [3.05, 3.63) is 29.8 Å². The highest BCUT2D eigenvalue weighted by molar-refractivity contribution is 5.33. The predicted octanol–water partition coefficient (Wildman–Crippen LogP) is 2.89. The van der Waals surface area contributed by atoms with E-state index in [0.717, 1.165) is 30.6 Å². The Hall–Kier alpha value is -1.06. The molecule has 2 atom stereocenters. The summed E-state index contributed by atoms with van der Waals surface area (Å²) < 4.78 is 5.87. The molecule has 1 saturated heterocycles. The lowest BCUT2D eigenvalue weighted by atomic mass is 9.91. The first kappa shape index (κ1) is 15.3. The highest BCUT2D eigenvalue weighted by Gasteiger charge is 2.22. The molecule has 3 heteroatoms. The molecule has 0 bridgehead atoms. The van der Waals surface area contributed by atoms with Crippen LogP contribution in [0.4, 0.5) is 0 Å². The Morgan fingerprint density at radius 2 is 1.90 bits per heavy atom. The lowest BCUT2D eigenvalue weighted by Gasteiger charge is -2.35. The van der Waals surface area contributed by atoms with Gasteiger partial charge in [0, 0.05) is 25.2 Å². The molecule has 1 aromatic carbocycles. The number of ether oxygens (including phenoxy) is 1. The molecule has 1 aliphatic rings. The van der Waals surface area contributed by atoms with Gasteiger partial charge in [-0.25, -0.2) is 0 Å². The van der Waals surface area contributed by atoms with Crippen molar-refractivity contribution in [2.75, 3.05) is 26.2 Å². The Morgan fingerprint density at radius 3 is 2.60 bits per heavy atom. The minimum Gasteiger partial charge on any atom is -0.493 e. The fourth-order valence-electron chi connectivity index (χ4n) is 3.20. The summed E-state index contributed by atoms with van der Waals surface area (Å²) in [5, 5.41) is 0. The molecule has 0 radical (unpaired) electrons. The van der Waals surface area contributed by atoms with Gasteiger partial charge < -0.3 is 10.5 Å². The van der Waals surface area contributed by atoms with E-state index in [2.05, 4.69) is 36.9 Å². The number of para-hydroxylation sites is 1. The maximum atomic E-state index is 5.87. The summed E-state index contributed by atoms with van der Waals surface area (Å²) in [4.78, 5) is 2.56. The van der Waals surface area contributed by atoms with Gasteiger partial charge >= 0.3 is 0 Å². The van der Waals surface area contributed by atoms with Gasteiger partial charge in [0.05, 0.1) is 6.61 Å². The van der Waals surface area contributed by atoms with Crippen LogP contribution in [0.5, 0.6) is 5.75 Å². The van der Waals surface area contributed by atoms with Crippen LogP contribution >= 0.6 is 0 Å². The third-order valence-electron chi connectivity index (χ3n) is 3.92. The van der Waals surface area contributed by atoms with Crippen LogP contribution < -0.4 is 10.5 Å². The molecule has 0 saturated carbocycles. The number of benzene rings is 1. The van der Waals surface area contributed by atoms with E-state index in [9.17, 15) is 0 Å². The van der Waals surface area contributed by atoms with Gasteiger partial charge in [0.1, 0.15) is 5.75 Å². The van der Waals surface area contributed by atoms with E-state index in [-0.39, 0.29) is 0 Å². The van der Waals surface area contributed by atoms with E-state index in [1.54, 1.807) is 0 Å². The monoisotopic (exact) mass is 276 g/mol. The van der Waals surface area contributed by atoms with Crippen LogP contribution in [0, 0.1) is 11.8 Å². The van der Waals surface area contributed by atoms with Crippen LogP contribution in [-0.2, 0) is 6.54 Å². The second-order valence-corrected chi connectivity index (χ2v) is 6.24. The molecule has 1 fully saturated rings. The number of hydrogen-bond donors (Lipinski definition) is 1. The van der Waals surface area contributed by atoms with Gasteiger partial charge in [-0.05, 0) is 37.3 Å². The van der Waals surface area contributed by atoms with E-state index in [1.165, 1.54) is 25.1 Å². The summed E-state index contributed by atoms with van der Waals surface area (Å²) in [5.74, 6) is 2.61. The summed E-state index contributed by atoms with van der Waals surface area (Å²) >= 11 is 0. The highest BCUT2D eigenvalue weighted by atomic mass is 16.5. The maximum absolute atomic E-state index is 5.87. The van der Waals surface area contributed by atoms with Gasteiger partial charge in [0.2, 0.25) is 0 Å². The average Bonchev–Trinajstić information content (AvgIpc) is 2.40. The first-order chi connectivity index (χ1) is 9.69. The van der Waals surface area contributed by atoms with E-state index in [4.69, 9.17) is 10.5 Å². The van der Waals surface area contributed by atoms with Gasteiger partial charge in [0.25, 0.3) is 0 Å². The normalized spacial score (nSPS) is 23.8. The van der Waals surface area contributed by atoms with Gasteiger partial charge in [-0.15, -0.1) is 0 Å². The zero-order valence-corrected chi connectivity index (χ0v) is 12.8. The molecule has 0 spiro atoms. The van der Waals surface area contributed by atoms with Crippen LogP contribution in [0.15, 0.2) is 24.3 Å². The number of piperidine rings is 1. The molecule has 2 unspecified atom stereocenters. The SMILES string of the molecule is CC1CC(C)CN(Cc2ccccc2OCCCN)C1. The summed E-state index contributed by atoms with van der Waals surface area (Å²) in [6.45, 7) is 9.48. The molecule has 3 nitrogen and oxygen atoms in total. The molecule has 1 heterocycles. The lowest BCUT2D eigenvalue weighted by molar-refractivity contribution is 0.132. The first-order valence-corrected chi connectivity index (χ1v) is 7.82. The quantitative estimate of drug-likeness (QED) is 0.812. The number of nitrogens with two attached hydrogens (primary N) is 1. The summed E-state index contributed by atoms with van der Waals surface area (Å²) in [5.41, 5.74) is 6.82. The summed E-state index contributed by atoms with van der Waals surface area (Å²) in [7, 11) is 0. The van der Waals surface area contributed by atoms with Crippen LogP contribution in [0.3, 0.4) is 0 Å². The van der Waals surface area contributed by atoms with Gasteiger partial charge in [-0.2, -0.15) is 0 Å². The van der Waals surface area contributed by atoms with Crippen LogP contribution in [0.25, 0.3) is 0 Å². The highest BCUT2D eigenvalue weighted by Crippen LogP contribution is 2.25.